The van der Waals surface area contributed by atoms with Gasteiger partial charge in [-0.15, -0.1) is 0 Å². The van der Waals surface area contributed by atoms with Crippen LogP contribution in [0.3, 0.4) is 0 Å². The highest BCUT2D eigenvalue weighted by Crippen LogP contribution is 2.05. The van der Waals surface area contributed by atoms with Crippen molar-refractivity contribution in [1.82, 2.24) is 0 Å². The number of aldehydes is 1. The molecule has 0 aliphatic heterocycles. The van der Waals surface area contributed by atoms with Crippen LogP contribution in [-0.4, -0.2) is 15.0 Å². The normalized spacial score (nSPS) is 12.5. The Balaban J connectivity index is 3.10. The maximum atomic E-state index is 10.4. The van der Waals surface area contributed by atoms with Crippen LogP contribution in [0.1, 0.15) is 10.4 Å². The van der Waals surface area contributed by atoms with Gasteiger partial charge in [-0.25, -0.2) is 0 Å². The second-order valence-corrected chi connectivity index (χ2v) is 2.87. The Hall–Kier alpha value is -1.00. The van der Waals surface area contributed by atoms with Crippen LogP contribution >= 0.6 is 0 Å². The zero-order valence-corrected chi connectivity index (χ0v) is 6.34. The fraction of sp³-hybridized carbons (Fsp3) is 0. The lowest BCUT2D eigenvalue weighted by Gasteiger charge is -2.03. The second-order valence-electron chi connectivity index (χ2n) is 1.93. The minimum Gasteiger partial charge on any atom is -0.768 e. The minimum atomic E-state index is -2.25. The van der Waals surface area contributed by atoms with Crippen LogP contribution in [-0.2, 0) is 11.1 Å². The Morgan fingerprint density at radius 3 is 2.73 bits per heavy atom. The molecule has 58 valence electrons. The minimum absolute atomic E-state index is 0.134. The summed E-state index contributed by atoms with van der Waals surface area (Å²) in [6.45, 7) is 0. The van der Waals surface area contributed by atoms with Crippen molar-refractivity contribution in [2.75, 3.05) is 0 Å². The Labute approximate surface area is 66.3 Å². The Bertz CT molecular complexity index is 295. The summed E-state index contributed by atoms with van der Waals surface area (Å²) in [7, 11) is 0. The van der Waals surface area contributed by atoms with E-state index >= 15 is 0 Å². The van der Waals surface area contributed by atoms with Gasteiger partial charge in [-0.2, -0.15) is 0 Å². The Kier molecular flexibility index (Phi) is 2.51. The van der Waals surface area contributed by atoms with Crippen LogP contribution in [0.25, 0.3) is 0 Å². The number of rotatable bonds is 2. The monoisotopic (exact) mass is 169 g/mol. The molecule has 0 amide bonds. The zero-order valence-electron chi connectivity index (χ0n) is 5.52. The summed E-state index contributed by atoms with van der Waals surface area (Å²) in [6, 6.07) is 5.81. The first-order chi connectivity index (χ1) is 5.24. The van der Waals surface area contributed by atoms with E-state index in [0.29, 0.717) is 11.8 Å². The molecule has 0 N–H and O–H groups in total. The first-order valence-corrected chi connectivity index (χ1v) is 3.96. The molecule has 1 aromatic carbocycles. The van der Waals surface area contributed by atoms with Crippen molar-refractivity contribution in [3.05, 3.63) is 29.8 Å². The first-order valence-electron chi connectivity index (χ1n) is 2.88. The summed E-state index contributed by atoms with van der Waals surface area (Å²) in [5, 5.41) is 0. The van der Waals surface area contributed by atoms with Gasteiger partial charge in [-0.1, -0.05) is 12.1 Å². The lowest BCUT2D eigenvalue weighted by atomic mass is 10.2. The van der Waals surface area contributed by atoms with Gasteiger partial charge in [0.15, 0.2) is 0 Å². The maximum Gasteiger partial charge on any atom is 0.150 e. The van der Waals surface area contributed by atoms with Crippen molar-refractivity contribution in [1.29, 1.82) is 0 Å². The van der Waals surface area contributed by atoms with Gasteiger partial charge in [0.05, 0.1) is 0 Å². The number of hydrogen-bond acceptors (Lipinski definition) is 3. The molecule has 0 bridgehead atoms. The summed E-state index contributed by atoms with van der Waals surface area (Å²) in [6.07, 6.45) is 0.607. The summed E-state index contributed by atoms with van der Waals surface area (Å²) in [4.78, 5) is 10.3. The largest absolute Gasteiger partial charge is 0.768 e. The molecule has 0 radical (unpaired) electrons. The van der Waals surface area contributed by atoms with E-state index in [1.54, 1.807) is 6.07 Å². The van der Waals surface area contributed by atoms with Crippen molar-refractivity contribution in [3.8, 4) is 0 Å². The van der Waals surface area contributed by atoms with E-state index < -0.39 is 11.1 Å². The molecule has 4 heteroatoms. The van der Waals surface area contributed by atoms with Crippen molar-refractivity contribution in [2.45, 2.75) is 4.90 Å². The van der Waals surface area contributed by atoms with Crippen molar-refractivity contribution >= 4 is 17.4 Å². The van der Waals surface area contributed by atoms with Gasteiger partial charge in [-0.05, 0) is 23.2 Å². The molecule has 1 unspecified atom stereocenters. The SMILES string of the molecule is O=Cc1cccc(S(=O)[O-])c1. The van der Waals surface area contributed by atoms with E-state index in [4.69, 9.17) is 0 Å². The molecule has 0 aliphatic carbocycles. The average molecular weight is 169 g/mol. The van der Waals surface area contributed by atoms with Crippen molar-refractivity contribution in [2.24, 2.45) is 0 Å². The van der Waals surface area contributed by atoms with Gasteiger partial charge in [0.25, 0.3) is 0 Å². The summed E-state index contributed by atoms with van der Waals surface area (Å²) in [5.74, 6) is 0. The predicted molar refractivity (Wildman–Crippen MR) is 39.0 cm³/mol. The highest BCUT2D eigenvalue weighted by Gasteiger charge is 1.92. The Morgan fingerprint density at radius 2 is 2.18 bits per heavy atom. The predicted octanol–water partition coefficient (Wildman–Crippen LogP) is 0.737. The van der Waals surface area contributed by atoms with Crippen LogP contribution in [0.15, 0.2) is 29.2 Å². The molecule has 1 aromatic rings. The van der Waals surface area contributed by atoms with Crippen LogP contribution < -0.4 is 0 Å². The number of carbonyl (C=O) groups is 1. The molecule has 1 rings (SSSR count). The van der Waals surface area contributed by atoms with Gasteiger partial charge >= 0.3 is 0 Å². The first kappa shape index (κ1) is 8.10. The molecule has 11 heavy (non-hydrogen) atoms. The zero-order chi connectivity index (χ0) is 8.27. The molecule has 0 aliphatic rings. The average Bonchev–Trinajstić information content (AvgIpc) is 2.05. The third-order valence-electron chi connectivity index (χ3n) is 1.19. The summed E-state index contributed by atoms with van der Waals surface area (Å²) >= 11 is -2.25. The standard InChI is InChI=1S/C7H6O3S/c8-5-6-2-1-3-7(4-6)11(9)10/h1-5H,(H,9,10)/p-1. The third kappa shape index (κ3) is 1.96. The van der Waals surface area contributed by atoms with Crippen LogP contribution in [0.2, 0.25) is 0 Å². The fourth-order valence-electron chi connectivity index (χ4n) is 0.692. The summed E-state index contributed by atoms with van der Waals surface area (Å²) in [5.41, 5.74) is 0.367. The van der Waals surface area contributed by atoms with E-state index in [0.717, 1.165) is 0 Å². The number of carbonyl (C=O) groups excluding carboxylic acids is 1. The van der Waals surface area contributed by atoms with E-state index in [1.807, 2.05) is 0 Å². The van der Waals surface area contributed by atoms with E-state index in [1.165, 1.54) is 18.2 Å². The van der Waals surface area contributed by atoms with Crippen LogP contribution in [0.5, 0.6) is 0 Å². The lowest BCUT2D eigenvalue weighted by molar-refractivity contribution is 0.112. The Morgan fingerprint density at radius 1 is 1.45 bits per heavy atom. The van der Waals surface area contributed by atoms with Gasteiger partial charge in [0.1, 0.15) is 6.29 Å². The number of benzene rings is 1. The smallest absolute Gasteiger partial charge is 0.150 e. The molecule has 0 aromatic heterocycles. The molecule has 0 spiro atoms. The fourth-order valence-corrected chi connectivity index (χ4v) is 1.11. The van der Waals surface area contributed by atoms with Crippen molar-refractivity contribution < 1.29 is 13.6 Å². The molecule has 0 heterocycles. The molecular weight excluding hydrogens is 164 g/mol. The second kappa shape index (κ2) is 3.41. The molecule has 1 atom stereocenters. The molecule has 0 saturated carbocycles. The van der Waals surface area contributed by atoms with E-state index in [2.05, 4.69) is 0 Å². The third-order valence-corrected chi connectivity index (χ3v) is 1.83. The van der Waals surface area contributed by atoms with E-state index in [9.17, 15) is 13.6 Å². The van der Waals surface area contributed by atoms with Crippen LogP contribution in [0, 0.1) is 0 Å². The lowest BCUT2D eigenvalue weighted by Crippen LogP contribution is -1.89. The van der Waals surface area contributed by atoms with Crippen molar-refractivity contribution in [3.63, 3.8) is 0 Å². The number of hydrogen-bond donors (Lipinski definition) is 0. The van der Waals surface area contributed by atoms with Gasteiger partial charge in [0, 0.05) is 10.5 Å². The topological polar surface area (TPSA) is 57.2 Å². The highest BCUT2D eigenvalue weighted by molar-refractivity contribution is 7.79. The van der Waals surface area contributed by atoms with E-state index in [-0.39, 0.29) is 4.90 Å². The summed E-state index contributed by atoms with van der Waals surface area (Å²) < 4.78 is 20.7. The maximum absolute atomic E-state index is 10.4. The highest BCUT2D eigenvalue weighted by atomic mass is 32.2. The molecule has 0 saturated heterocycles. The molecule has 3 nitrogen and oxygen atoms in total. The van der Waals surface area contributed by atoms with Crippen LogP contribution in [0.4, 0.5) is 0 Å². The van der Waals surface area contributed by atoms with Gasteiger partial charge in [0.2, 0.25) is 0 Å². The molecular formula is C7H5O3S-. The van der Waals surface area contributed by atoms with Gasteiger partial charge < -0.3 is 4.55 Å². The van der Waals surface area contributed by atoms with Gasteiger partial charge in [-0.3, -0.25) is 9.00 Å². The quantitative estimate of drug-likeness (QED) is 0.484. The molecule has 0 fully saturated rings.